The van der Waals surface area contributed by atoms with E-state index in [2.05, 4.69) is 10.2 Å². The lowest BCUT2D eigenvalue weighted by Gasteiger charge is -2.37. The molecule has 1 N–H and O–H groups in total. The largest absolute Gasteiger partial charge is 0.493 e. The van der Waals surface area contributed by atoms with Gasteiger partial charge in [-0.15, -0.1) is 0 Å². The monoisotopic (exact) mass is 250 g/mol. The quantitative estimate of drug-likeness (QED) is 0.845. The maximum absolute atomic E-state index is 5.77. The summed E-state index contributed by atoms with van der Waals surface area (Å²) in [6.07, 6.45) is 3.89. The van der Waals surface area contributed by atoms with E-state index < -0.39 is 0 Å². The zero-order chi connectivity index (χ0) is 12.2. The number of morpholine rings is 2. The van der Waals surface area contributed by atoms with Crippen LogP contribution in [0.3, 0.4) is 0 Å². The average Bonchev–Trinajstić information content (AvgIpc) is 2.94. The molecule has 2 fully saturated rings. The molecule has 18 heavy (non-hydrogen) atoms. The first-order valence-electron chi connectivity index (χ1n) is 6.34. The van der Waals surface area contributed by atoms with Crippen molar-refractivity contribution in [3.8, 4) is 0 Å². The fourth-order valence-corrected chi connectivity index (χ4v) is 2.26. The topological polar surface area (TPSA) is 46.9 Å². The molecule has 1 unspecified atom stereocenters. The molecule has 3 heterocycles. The van der Waals surface area contributed by atoms with E-state index >= 15 is 0 Å². The predicted molar refractivity (Wildman–Crippen MR) is 66.8 cm³/mol. The van der Waals surface area contributed by atoms with Gasteiger partial charge in [0.1, 0.15) is 18.1 Å². The molecule has 1 atom stereocenters. The van der Waals surface area contributed by atoms with E-state index in [1.165, 1.54) is 0 Å². The average molecular weight is 250 g/mol. The third-order valence-electron chi connectivity index (χ3n) is 3.27. The predicted octanol–water partition coefficient (Wildman–Crippen LogP) is 0.899. The van der Waals surface area contributed by atoms with E-state index in [1.54, 1.807) is 6.26 Å². The molecule has 0 radical (unpaired) electrons. The van der Waals surface area contributed by atoms with Gasteiger partial charge in [-0.2, -0.15) is 0 Å². The van der Waals surface area contributed by atoms with Crippen LogP contribution in [0, 0.1) is 0 Å². The molecule has 2 aliphatic heterocycles. The maximum Gasteiger partial charge on any atom is 0.130 e. The van der Waals surface area contributed by atoms with Crippen LogP contribution >= 0.6 is 0 Å². The molecule has 2 saturated heterocycles. The smallest absolute Gasteiger partial charge is 0.130 e. The molecule has 0 amide bonds. The summed E-state index contributed by atoms with van der Waals surface area (Å²) >= 11 is 0. The molecule has 5 nitrogen and oxygen atoms in total. The zero-order valence-corrected chi connectivity index (χ0v) is 10.3. The van der Waals surface area contributed by atoms with Gasteiger partial charge in [-0.3, -0.25) is 10.2 Å². The Bertz CT molecular complexity index is 386. The number of nitrogens with one attached hydrogen (secondary N) is 1. The van der Waals surface area contributed by atoms with Crippen LogP contribution in [0.25, 0.3) is 6.08 Å². The van der Waals surface area contributed by atoms with E-state index in [-0.39, 0.29) is 0 Å². The molecule has 0 bridgehead atoms. The molecule has 98 valence electrons. The van der Waals surface area contributed by atoms with Gasteiger partial charge in [0.15, 0.2) is 0 Å². The van der Waals surface area contributed by atoms with Crippen molar-refractivity contribution in [2.75, 3.05) is 39.5 Å². The van der Waals surface area contributed by atoms with Gasteiger partial charge in [0.05, 0.1) is 32.2 Å². The molecular weight excluding hydrogens is 232 g/mol. The molecular formula is C13H18N2O3. The van der Waals surface area contributed by atoms with Gasteiger partial charge < -0.3 is 13.9 Å². The van der Waals surface area contributed by atoms with Crippen LogP contribution in [0.4, 0.5) is 0 Å². The number of ether oxygens (including phenoxy) is 2. The summed E-state index contributed by atoms with van der Waals surface area (Å²) in [5.41, 5.74) is 0. The zero-order valence-electron chi connectivity index (χ0n) is 10.3. The van der Waals surface area contributed by atoms with Gasteiger partial charge in [-0.25, -0.2) is 0 Å². The van der Waals surface area contributed by atoms with Crippen LogP contribution in [0.1, 0.15) is 5.76 Å². The highest BCUT2D eigenvalue weighted by molar-refractivity contribution is 5.45. The number of hydrogen-bond acceptors (Lipinski definition) is 5. The molecule has 0 aromatic carbocycles. The Morgan fingerprint density at radius 2 is 2.22 bits per heavy atom. The van der Waals surface area contributed by atoms with E-state index in [0.29, 0.717) is 12.8 Å². The number of nitrogens with zero attached hydrogens (tertiary/aromatic N) is 1. The standard InChI is InChI=1S/C13H18N2O3/c1-2-11(17-5-1)8-12-9-14-13(10-18-12)15-3-6-16-7-4-15/h1-2,5,8,13-14H,3-4,6-7,9-10H2. The SMILES string of the molecule is C(=C1CNC(N2CCOCC2)CO1)c1ccco1. The van der Waals surface area contributed by atoms with Crippen molar-refractivity contribution in [3.05, 3.63) is 29.9 Å². The Kier molecular flexibility index (Phi) is 3.64. The maximum atomic E-state index is 5.77. The van der Waals surface area contributed by atoms with Crippen molar-refractivity contribution in [2.45, 2.75) is 6.17 Å². The van der Waals surface area contributed by atoms with E-state index in [4.69, 9.17) is 13.9 Å². The summed E-state index contributed by atoms with van der Waals surface area (Å²) < 4.78 is 16.4. The van der Waals surface area contributed by atoms with Crippen molar-refractivity contribution in [3.63, 3.8) is 0 Å². The summed E-state index contributed by atoms with van der Waals surface area (Å²) in [6, 6.07) is 3.80. The second kappa shape index (κ2) is 5.56. The van der Waals surface area contributed by atoms with Crippen molar-refractivity contribution in [1.82, 2.24) is 10.2 Å². The third kappa shape index (κ3) is 2.75. The second-order valence-electron chi connectivity index (χ2n) is 4.48. The molecule has 0 saturated carbocycles. The minimum Gasteiger partial charge on any atom is -0.493 e. The molecule has 5 heteroatoms. The third-order valence-corrected chi connectivity index (χ3v) is 3.27. The Morgan fingerprint density at radius 3 is 2.89 bits per heavy atom. The molecule has 1 aromatic rings. The first-order chi connectivity index (χ1) is 8.92. The summed E-state index contributed by atoms with van der Waals surface area (Å²) in [5, 5.41) is 3.49. The van der Waals surface area contributed by atoms with Gasteiger partial charge in [-0.1, -0.05) is 0 Å². The number of hydrogen-bond donors (Lipinski definition) is 1. The first kappa shape index (κ1) is 11.8. The summed E-state index contributed by atoms with van der Waals surface area (Å²) in [7, 11) is 0. The van der Waals surface area contributed by atoms with Crippen LogP contribution < -0.4 is 5.32 Å². The summed E-state index contributed by atoms with van der Waals surface area (Å²) in [4.78, 5) is 2.37. The van der Waals surface area contributed by atoms with E-state index in [1.807, 2.05) is 18.2 Å². The van der Waals surface area contributed by atoms with Crippen molar-refractivity contribution in [2.24, 2.45) is 0 Å². The Morgan fingerprint density at radius 1 is 1.33 bits per heavy atom. The van der Waals surface area contributed by atoms with Crippen LogP contribution in [-0.2, 0) is 9.47 Å². The Balaban J connectivity index is 1.54. The molecule has 3 rings (SSSR count). The number of rotatable bonds is 2. The summed E-state index contributed by atoms with van der Waals surface area (Å²) in [6.45, 7) is 4.98. The lowest BCUT2D eigenvalue weighted by atomic mass is 10.3. The summed E-state index contributed by atoms with van der Waals surface area (Å²) in [5.74, 6) is 1.76. The molecule has 0 spiro atoms. The molecule has 2 aliphatic rings. The first-order valence-corrected chi connectivity index (χ1v) is 6.34. The van der Waals surface area contributed by atoms with Crippen LogP contribution in [0.15, 0.2) is 28.6 Å². The second-order valence-corrected chi connectivity index (χ2v) is 4.48. The van der Waals surface area contributed by atoms with Gasteiger partial charge in [0.2, 0.25) is 0 Å². The van der Waals surface area contributed by atoms with Crippen molar-refractivity contribution in [1.29, 1.82) is 0 Å². The lowest BCUT2D eigenvalue weighted by molar-refractivity contribution is -0.0219. The minimum absolute atomic E-state index is 0.294. The normalized spacial score (nSPS) is 28.2. The van der Waals surface area contributed by atoms with Crippen LogP contribution in [0.5, 0.6) is 0 Å². The number of furan rings is 1. The fourth-order valence-electron chi connectivity index (χ4n) is 2.26. The highest BCUT2D eigenvalue weighted by Gasteiger charge is 2.24. The Hall–Kier alpha value is -1.30. The fraction of sp³-hybridized carbons (Fsp3) is 0.538. The van der Waals surface area contributed by atoms with Gasteiger partial charge in [0, 0.05) is 19.2 Å². The lowest BCUT2D eigenvalue weighted by Crippen LogP contribution is -2.55. The van der Waals surface area contributed by atoms with E-state index in [9.17, 15) is 0 Å². The Labute approximate surface area is 106 Å². The van der Waals surface area contributed by atoms with Crippen LogP contribution in [-0.4, -0.2) is 50.5 Å². The molecule has 1 aromatic heterocycles. The van der Waals surface area contributed by atoms with E-state index in [0.717, 1.165) is 44.4 Å². The highest BCUT2D eigenvalue weighted by atomic mass is 16.5. The highest BCUT2D eigenvalue weighted by Crippen LogP contribution is 2.14. The minimum atomic E-state index is 0.294. The molecule has 0 aliphatic carbocycles. The van der Waals surface area contributed by atoms with Crippen molar-refractivity contribution >= 4 is 6.08 Å². The van der Waals surface area contributed by atoms with Crippen molar-refractivity contribution < 1.29 is 13.9 Å². The van der Waals surface area contributed by atoms with Gasteiger partial charge in [0.25, 0.3) is 0 Å². The van der Waals surface area contributed by atoms with Gasteiger partial charge >= 0.3 is 0 Å². The van der Waals surface area contributed by atoms with Gasteiger partial charge in [-0.05, 0) is 12.1 Å². The van der Waals surface area contributed by atoms with Crippen LogP contribution in [0.2, 0.25) is 0 Å².